The van der Waals surface area contributed by atoms with E-state index in [9.17, 15) is 8.42 Å². The fraction of sp³-hybridized carbons (Fsp3) is 0.417. The van der Waals surface area contributed by atoms with Gasteiger partial charge in [0.2, 0.25) is 21.8 Å². The molecule has 0 unspecified atom stereocenters. The second kappa shape index (κ2) is 9.36. The molecule has 1 fully saturated rings. The van der Waals surface area contributed by atoms with Crippen LogP contribution in [0.2, 0.25) is 0 Å². The maximum atomic E-state index is 13.3. The fourth-order valence-corrected chi connectivity index (χ4v) is 5.68. The Bertz CT molecular complexity index is 1270. The van der Waals surface area contributed by atoms with Crippen LogP contribution in [-0.2, 0) is 10.0 Å². The molecule has 2 aliphatic rings. The lowest BCUT2D eigenvalue weighted by Gasteiger charge is -2.36. The molecule has 34 heavy (non-hydrogen) atoms. The number of aryl methyl sites for hydroxylation is 1. The molecule has 0 amide bonds. The molecule has 0 N–H and O–H groups in total. The fourth-order valence-electron chi connectivity index (χ4n) is 4.24. The lowest BCUT2D eigenvalue weighted by Crippen LogP contribution is -2.49. The van der Waals surface area contributed by atoms with Crippen molar-refractivity contribution in [3.8, 4) is 23.0 Å². The van der Waals surface area contributed by atoms with Crippen molar-refractivity contribution in [2.24, 2.45) is 0 Å². The number of benzene rings is 2. The van der Waals surface area contributed by atoms with Crippen LogP contribution in [0.1, 0.15) is 30.8 Å². The van der Waals surface area contributed by atoms with Gasteiger partial charge >= 0.3 is 0 Å². The predicted octanol–water partition coefficient (Wildman–Crippen LogP) is 3.27. The number of ether oxygens (including phenoxy) is 2. The van der Waals surface area contributed by atoms with Crippen molar-refractivity contribution < 1.29 is 22.3 Å². The zero-order chi connectivity index (χ0) is 23.7. The highest BCUT2D eigenvalue weighted by atomic mass is 32.2. The first-order chi connectivity index (χ1) is 16.4. The number of rotatable bonds is 5. The molecule has 0 aliphatic carbocycles. The predicted molar refractivity (Wildman–Crippen MR) is 125 cm³/mol. The molecule has 3 aromatic rings. The summed E-state index contributed by atoms with van der Waals surface area (Å²) in [6, 6.07) is 12.6. The Morgan fingerprint density at radius 1 is 0.941 bits per heavy atom. The van der Waals surface area contributed by atoms with Gasteiger partial charge in [-0.2, -0.15) is 4.31 Å². The number of hydrogen-bond acceptors (Lipinski definition) is 8. The first-order valence-electron chi connectivity index (χ1n) is 11.5. The molecular formula is C24H28N4O5S. The Labute approximate surface area is 199 Å². The summed E-state index contributed by atoms with van der Waals surface area (Å²) in [5.74, 6) is 2.07. The summed E-state index contributed by atoms with van der Waals surface area (Å²) in [7, 11) is -3.64. The Balaban J connectivity index is 1.25. The van der Waals surface area contributed by atoms with E-state index in [0.717, 1.165) is 17.5 Å². The number of piperazine rings is 1. The van der Waals surface area contributed by atoms with Gasteiger partial charge in [-0.05, 0) is 38.1 Å². The maximum Gasteiger partial charge on any atom is 0.247 e. The molecule has 0 saturated carbocycles. The second-order valence-electron chi connectivity index (χ2n) is 8.59. The van der Waals surface area contributed by atoms with Crippen LogP contribution >= 0.6 is 0 Å². The van der Waals surface area contributed by atoms with Gasteiger partial charge in [-0.15, -0.1) is 10.2 Å². The summed E-state index contributed by atoms with van der Waals surface area (Å²) in [5, 5.41) is 8.45. The largest absolute Gasteiger partial charge is 0.490 e. The third kappa shape index (κ3) is 4.53. The standard InChI is InChI=1S/C24H28N4O5S/c1-17-5-3-6-19(15-17)24-26-25-23(33-24)18(2)27-9-11-28(12-10-27)34(29,30)20-7-8-21-22(16-20)32-14-4-13-31-21/h3,5-8,15-16,18H,4,9-14H2,1-2H3/t18-/m0/s1. The van der Waals surface area contributed by atoms with Gasteiger partial charge in [0, 0.05) is 44.2 Å². The van der Waals surface area contributed by atoms with Crippen LogP contribution in [0.5, 0.6) is 11.5 Å². The molecule has 0 spiro atoms. The minimum atomic E-state index is -3.64. The lowest BCUT2D eigenvalue weighted by atomic mass is 10.1. The summed E-state index contributed by atoms with van der Waals surface area (Å²) in [6.45, 7) is 6.96. The van der Waals surface area contributed by atoms with Crippen LogP contribution in [-0.4, -0.2) is 67.2 Å². The molecule has 1 saturated heterocycles. The third-order valence-electron chi connectivity index (χ3n) is 6.24. The van der Waals surface area contributed by atoms with E-state index >= 15 is 0 Å². The number of fused-ring (bicyclic) bond motifs is 1. The normalized spacial score (nSPS) is 18.4. The SMILES string of the molecule is Cc1cccc(-c2nnc([C@H](C)N3CCN(S(=O)(=O)c4ccc5c(c4)OCCCO5)CC3)o2)c1. The van der Waals surface area contributed by atoms with Crippen LogP contribution in [0.15, 0.2) is 51.8 Å². The quantitative estimate of drug-likeness (QED) is 0.544. The minimum absolute atomic E-state index is 0.117. The second-order valence-corrected chi connectivity index (χ2v) is 10.5. The number of sulfonamides is 1. The van der Waals surface area contributed by atoms with Crippen molar-refractivity contribution in [1.82, 2.24) is 19.4 Å². The van der Waals surface area contributed by atoms with E-state index in [0.29, 0.717) is 62.7 Å². The number of nitrogens with zero attached hydrogens (tertiary/aromatic N) is 4. The van der Waals surface area contributed by atoms with Crippen LogP contribution in [0.3, 0.4) is 0 Å². The van der Waals surface area contributed by atoms with Crippen LogP contribution < -0.4 is 9.47 Å². The molecular weight excluding hydrogens is 456 g/mol. The van der Waals surface area contributed by atoms with Gasteiger partial charge in [-0.1, -0.05) is 17.7 Å². The summed E-state index contributed by atoms with van der Waals surface area (Å²) in [6.07, 6.45) is 0.767. The first kappa shape index (κ1) is 22.8. The maximum absolute atomic E-state index is 13.3. The average Bonchev–Trinajstić information content (AvgIpc) is 3.22. The van der Waals surface area contributed by atoms with Crippen molar-refractivity contribution in [3.63, 3.8) is 0 Å². The van der Waals surface area contributed by atoms with E-state index < -0.39 is 10.0 Å². The van der Waals surface area contributed by atoms with E-state index in [4.69, 9.17) is 13.9 Å². The minimum Gasteiger partial charge on any atom is -0.490 e. The van der Waals surface area contributed by atoms with Crippen molar-refractivity contribution >= 4 is 10.0 Å². The zero-order valence-electron chi connectivity index (χ0n) is 19.3. The van der Waals surface area contributed by atoms with Gasteiger partial charge in [0.1, 0.15) is 0 Å². The van der Waals surface area contributed by atoms with Gasteiger partial charge < -0.3 is 13.9 Å². The van der Waals surface area contributed by atoms with Crippen LogP contribution in [0.4, 0.5) is 0 Å². The van der Waals surface area contributed by atoms with E-state index in [2.05, 4.69) is 15.1 Å². The van der Waals surface area contributed by atoms with E-state index in [1.54, 1.807) is 18.2 Å². The highest BCUT2D eigenvalue weighted by Crippen LogP contribution is 2.33. The lowest BCUT2D eigenvalue weighted by molar-refractivity contribution is 0.129. The molecule has 1 atom stereocenters. The van der Waals surface area contributed by atoms with Crippen molar-refractivity contribution in [3.05, 3.63) is 53.9 Å². The molecule has 2 aliphatic heterocycles. The Kier molecular flexibility index (Phi) is 6.28. The van der Waals surface area contributed by atoms with Gasteiger partial charge in [0.15, 0.2) is 11.5 Å². The molecule has 0 bridgehead atoms. The summed E-state index contributed by atoms with van der Waals surface area (Å²) in [4.78, 5) is 2.38. The third-order valence-corrected chi connectivity index (χ3v) is 8.14. The molecule has 3 heterocycles. The summed E-state index contributed by atoms with van der Waals surface area (Å²) in [5.41, 5.74) is 2.01. The van der Waals surface area contributed by atoms with E-state index in [1.807, 2.05) is 38.1 Å². The van der Waals surface area contributed by atoms with Gasteiger partial charge in [-0.25, -0.2) is 8.42 Å². The van der Waals surface area contributed by atoms with Crippen molar-refractivity contribution in [1.29, 1.82) is 0 Å². The Morgan fingerprint density at radius 3 is 2.47 bits per heavy atom. The highest BCUT2D eigenvalue weighted by Gasteiger charge is 2.32. The monoisotopic (exact) mass is 484 g/mol. The van der Waals surface area contributed by atoms with Gasteiger partial charge in [0.05, 0.1) is 24.2 Å². The van der Waals surface area contributed by atoms with Crippen molar-refractivity contribution in [2.45, 2.75) is 31.2 Å². The first-order valence-corrected chi connectivity index (χ1v) is 12.9. The Morgan fingerprint density at radius 2 is 1.71 bits per heavy atom. The molecule has 10 heteroatoms. The Hall–Kier alpha value is -2.95. The summed E-state index contributed by atoms with van der Waals surface area (Å²) < 4.78 is 45.3. The van der Waals surface area contributed by atoms with Gasteiger partial charge in [0.25, 0.3) is 0 Å². The highest BCUT2D eigenvalue weighted by molar-refractivity contribution is 7.89. The molecule has 5 rings (SSSR count). The molecule has 2 aromatic carbocycles. The number of aromatic nitrogens is 2. The smallest absolute Gasteiger partial charge is 0.247 e. The molecule has 9 nitrogen and oxygen atoms in total. The van der Waals surface area contributed by atoms with Crippen LogP contribution in [0, 0.1) is 6.92 Å². The number of hydrogen-bond donors (Lipinski definition) is 0. The molecule has 1 aromatic heterocycles. The molecule has 180 valence electrons. The zero-order valence-corrected chi connectivity index (χ0v) is 20.1. The van der Waals surface area contributed by atoms with Gasteiger partial charge in [-0.3, -0.25) is 4.90 Å². The van der Waals surface area contributed by atoms with E-state index in [-0.39, 0.29) is 10.9 Å². The van der Waals surface area contributed by atoms with E-state index in [1.165, 1.54) is 4.31 Å². The van der Waals surface area contributed by atoms with Crippen molar-refractivity contribution in [2.75, 3.05) is 39.4 Å². The average molecular weight is 485 g/mol. The van der Waals surface area contributed by atoms with Crippen LogP contribution in [0.25, 0.3) is 11.5 Å². The summed E-state index contributed by atoms with van der Waals surface area (Å²) >= 11 is 0. The molecule has 0 radical (unpaired) electrons. The topological polar surface area (TPSA) is 98.0 Å².